The number of rotatable bonds is 8. The van der Waals surface area contributed by atoms with E-state index in [1.54, 1.807) is 0 Å². The maximum atomic E-state index is 4.74. The van der Waals surface area contributed by atoms with Crippen molar-refractivity contribution < 1.29 is 0 Å². The quantitative estimate of drug-likeness (QED) is 0.813. The van der Waals surface area contributed by atoms with E-state index in [1.807, 2.05) is 13.1 Å². The molecule has 0 aliphatic heterocycles. The van der Waals surface area contributed by atoms with Crippen LogP contribution in [0.25, 0.3) is 0 Å². The van der Waals surface area contributed by atoms with E-state index < -0.39 is 0 Å². The molecule has 0 aliphatic rings. The van der Waals surface area contributed by atoms with Crippen LogP contribution in [0.15, 0.2) is 18.5 Å². The summed E-state index contributed by atoms with van der Waals surface area (Å²) in [5, 5.41) is 8.10. The topological polar surface area (TPSA) is 47.7 Å². The van der Waals surface area contributed by atoms with Gasteiger partial charge in [0.15, 0.2) is 0 Å². The molecule has 0 saturated carbocycles. The number of aryl methyl sites for hydroxylation is 1. The van der Waals surface area contributed by atoms with Gasteiger partial charge in [0, 0.05) is 18.9 Å². The van der Waals surface area contributed by atoms with Crippen LogP contribution in [0.1, 0.15) is 56.9 Å². The van der Waals surface area contributed by atoms with E-state index in [0.29, 0.717) is 6.04 Å². The van der Waals surface area contributed by atoms with Crippen LogP contribution in [0.4, 0.5) is 0 Å². The third-order valence-electron chi connectivity index (χ3n) is 3.99. The number of hydrogen-bond acceptors (Lipinski definition) is 3. The molecule has 0 radical (unpaired) electrons. The minimum Gasteiger partial charge on any atom is -0.325 e. The molecule has 5 heteroatoms. The molecule has 2 aromatic rings. The molecule has 0 bridgehead atoms. The molecule has 0 fully saturated rings. The fourth-order valence-corrected chi connectivity index (χ4v) is 2.62. The Morgan fingerprint density at radius 1 is 1.24 bits per heavy atom. The first-order valence-corrected chi connectivity index (χ1v) is 7.95. The molecule has 116 valence electrons. The smallest absolute Gasteiger partial charge is 0.106 e. The first-order chi connectivity index (χ1) is 10.2. The molecule has 0 atom stereocenters. The molecule has 2 heterocycles. The normalized spacial score (nSPS) is 11.5. The van der Waals surface area contributed by atoms with Gasteiger partial charge in [0.25, 0.3) is 0 Å². The van der Waals surface area contributed by atoms with Gasteiger partial charge in [-0.3, -0.25) is 4.68 Å². The van der Waals surface area contributed by atoms with Crippen molar-refractivity contribution in [3.05, 3.63) is 35.7 Å². The van der Waals surface area contributed by atoms with Crippen LogP contribution < -0.4 is 5.32 Å². The fraction of sp³-hybridized carbons (Fsp3) is 0.625. The molecule has 5 nitrogen and oxygen atoms in total. The highest BCUT2D eigenvalue weighted by Gasteiger charge is 2.11. The summed E-state index contributed by atoms with van der Waals surface area (Å²) in [7, 11) is 0. The largest absolute Gasteiger partial charge is 0.325 e. The lowest BCUT2D eigenvalue weighted by Gasteiger charge is -2.13. The average molecular weight is 289 g/mol. The Kier molecular flexibility index (Phi) is 5.56. The molecular weight excluding hydrogens is 262 g/mol. The number of nitrogens with zero attached hydrogens (tertiary/aromatic N) is 4. The third kappa shape index (κ3) is 3.73. The van der Waals surface area contributed by atoms with Crippen LogP contribution in [0.2, 0.25) is 0 Å². The zero-order valence-electron chi connectivity index (χ0n) is 13.6. The summed E-state index contributed by atoms with van der Waals surface area (Å²) in [6.45, 7) is 11.2. The summed E-state index contributed by atoms with van der Waals surface area (Å²) in [6, 6.07) is 2.62. The molecular formula is C16H27N5. The summed E-state index contributed by atoms with van der Waals surface area (Å²) >= 11 is 0. The Hall–Kier alpha value is -1.62. The molecule has 2 rings (SSSR count). The van der Waals surface area contributed by atoms with Gasteiger partial charge in [-0.15, -0.1) is 0 Å². The highest BCUT2D eigenvalue weighted by molar-refractivity contribution is 5.09. The minimum atomic E-state index is 0.504. The van der Waals surface area contributed by atoms with E-state index in [0.717, 1.165) is 44.0 Å². The molecule has 1 N–H and O–H groups in total. The standard InChI is InChI=1S/C16H27N5/c1-5-15(6-2)21-9-8-14(19-21)12-20-13(4)18-11-16(20)10-17-7-3/h8-9,11,15,17H,5-7,10,12H2,1-4H3. The first-order valence-electron chi connectivity index (χ1n) is 7.95. The Morgan fingerprint density at radius 3 is 2.67 bits per heavy atom. The highest BCUT2D eigenvalue weighted by atomic mass is 15.3. The molecule has 0 saturated heterocycles. The SMILES string of the molecule is CCNCc1cnc(C)n1Cc1ccn(C(CC)CC)n1. The predicted octanol–water partition coefficient (Wildman–Crippen LogP) is 2.91. The van der Waals surface area contributed by atoms with Gasteiger partial charge in [-0.05, 0) is 32.4 Å². The number of aromatic nitrogens is 4. The van der Waals surface area contributed by atoms with Gasteiger partial charge in [-0.2, -0.15) is 5.10 Å². The second-order valence-corrected chi connectivity index (χ2v) is 5.42. The van der Waals surface area contributed by atoms with E-state index in [1.165, 1.54) is 5.69 Å². The molecule has 0 aliphatic carbocycles. The van der Waals surface area contributed by atoms with Crippen molar-refractivity contribution in [1.82, 2.24) is 24.6 Å². The summed E-state index contributed by atoms with van der Waals surface area (Å²) in [5.41, 5.74) is 2.31. The van der Waals surface area contributed by atoms with Crippen LogP contribution in [0.3, 0.4) is 0 Å². The van der Waals surface area contributed by atoms with E-state index in [4.69, 9.17) is 5.10 Å². The second-order valence-electron chi connectivity index (χ2n) is 5.42. The van der Waals surface area contributed by atoms with Crippen molar-refractivity contribution in [3.63, 3.8) is 0 Å². The molecule has 2 aromatic heterocycles. The van der Waals surface area contributed by atoms with Crippen molar-refractivity contribution in [3.8, 4) is 0 Å². The Labute approximate surface area is 127 Å². The summed E-state index contributed by atoms with van der Waals surface area (Å²) in [5.74, 6) is 1.04. The van der Waals surface area contributed by atoms with Crippen LogP contribution in [0, 0.1) is 6.92 Å². The van der Waals surface area contributed by atoms with Crippen molar-refractivity contribution in [1.29, 1.82) is 0 Å². The van der Waals surface area contributed by atoms with Gasteiger partial charge in [0.05, 0.1) is 24.0 Å². The zero-order chi connectivity index (χ0) is 15.2. The Bertz CT molecular complexity index is 551. The van der Waals surface area contributed by atoms with Crippen LogP contribution >= 0.6 is 0 Å². The lowest BCUT2D eigenvalue weighted by molar-refractivity contribution is 0.424. The lowest BCUT2D eigenvalue weighted by atomic mass is 10.2. The lowest BCUT2D eigenvalue weighted by Crippen LogP contribution is -2.17. The van der Waals surface area contributed by atoms with Crippen LogP contribution in [0.5, 0.6) is 0 Å². The van der Waals surface area contributed by atoms with Gasteiger partial charge >= 0.3 is 0 Å². The van der Waals surface area contributed by atoms with E-state index in [2.05, 4.69) is 52.6 Å². The summed E-state index contributed by atoms with van der Waals surface area (Å²) in [6.07, 6.45) is 6.29. The third-order valence-corrected chi connectivity index (χ3v) is 3.99. The van der Waals surface area contributed by atoms with E-state index >= 15 is 0 Å². The van der Waals surface area contributed by atoms with E-state index in [-0.39, 0.29) is 0 Å². The van der Waals surface area contributed by atoms with E-state index in [9.17, 15) is 0 Å². The fourth-order valence-electron chi connectivity index (χ4n) is 2.62. The molecule has 0 spiro atoms. The van der Waals surface area contributed by atoms with Crippen molar-refractivity contribution in [2.75, 3.05) is 6.54 Å². The monoisotopic (exact) mass is 289 g/mol. The van der Waals surface area contributed by atoms with Gasteiger partial charge in [-0.25, -0.2) is 4.98 Å². The number of hydrogen-bond donors (Lipinski definition) is 1. The van der Waals surface area contributed by atoms with Gasteiger partial charge in [0.2, 0.25) is 0 Å². The van der Waals surface area contributed by atoms with Crippen LogP contribution in [-0.4, -0.2) is 25.9 Å². The van der Waals surface area contributed by atoms with Crippen molar-refractivity contribution >= 4 is 0 Å². The highest BCUT2D eigenvalue weighted by Crippen LogP contribution is 2.15. The maximum absolute atomic E-state index is 4.74. The van der Waals surface area contributed by atoms with Gasteiger partial charge < -0.3 is 9.88 Å². The second kappa shape index (κ2) is 7.41. The van der Waals surface area contributed by atoms with Gasteiger partial charge in [0.1, 0.15) is 5.82 Å². The molecule has 0 aromatic carbocycles. The van der Waals surface area contributed by atoms with Crippen LogP contribution in [-0.2, 0) is 13.1 Å². The average Bonchev–Trinajstić information content (AvgIpc) is 3.08. The zero-order valence-corrected chi connectivity index (χ0v) is 13.6. The predicted molar refractivity (Wildman–Crippen MR) is 85.3 cm³/mol. The van der Waals surface area contributed by atoms with Crippen molar-refractivity contribution in [2.24, 2.45) is 0 Å². The number of nitrogens with one attached hydrogen (secondary N) is 1. The first kappa shape index (κ1) is 15.8. The summed E-state index contributed by atoms with van der Waals surface area (Å²) < 4.78 is 4.34. The summed E-state index contributed by atoms with van der Waals surface area (Å²) in [4.78, 5) is 4.43. The van der Waals surface area contributed by atoms with Crippen molar-refractivity contribution in [2.45, 2.75) is 59.7 Å². The molecule has 0 amide bonds. The Balaban J connectivity index is 2.13. The Morgan fingerprint density at radius 2 is 2.00 bits per heavy atom. The number of imidazole rings is 1. The molecule has 21 heavy (non-hydrogen) atoms. The molecule has 0 unspecified atom stereocenters. The maximum Gasteiger partial charge on any atom is 0.106 e. The van der Waals surface area contributed by atoms with Gasteiger partial charge in [-0.1, -0.05) is 20.8 Å². The minimum absolute atomic E-state index is 0.504.